The van der Waals surface area contributed by atoms with Crippen molar-refractivity contribution in [3.63, 3.8) is 0 Å². The second kappa shape index (κ2) is 8.55. The third-order valence-corrected chi connectivity index (χ3v) is 7.62. The Labute approximate surface area is 215 Å². The van der Waals surface area contributed by atoms with Gasteiger partial charge in [0.25, 0.3) is 0 Å². The third-order valence-electron chi connectivity index (χ3n) is 7.12. The molecular weight excluding hydrogens is 490 g/mol. The summed E-state index contributed by atoms with van der Waals surface area (Å²) in [5.74, 6) is 0. The second-order valence-electron chi connectivity index (χ2n) is 9.63. The van der Waals surface area contributed by atoms with Gasteiger partial charge in [-0.05, 0) is 75.8 Å². The van der Waals surface area contributed by atoms with E-state index in [-0.39, 0.29) is 5.41 Å². The van der Waals surface area contributed by atoms with Crippen LogP contribution in [0.25, 0.3) is 22.3 Å². The topological polar surface area (TPSA) is 3.24 Å². The Hall–Kier alpha value is -3.62. The van der Waals surface area contributed by atoms with Gasteiger partial charge in [0.05, 0.1) is 0 Å². The molecule has 0 amide bonds. The van der Waals surface area contributed by atoms with Crippen molar-refractivity contribution in [2.24, 2.45) is 0 Å². The maximum absolute atomic E-state index is 3.68. The molecule has 0 saturated carbocycles. The van der Waals surface area contributed by atoms with Gasteiger partial charge in [-0.25, -0.2) is 0 Å². The molecule has 0 aromatic heterocycles. The van der Waals surface area contributed by atoms with Crippen molar-refractivity contribution in [2.75, 3.05) is 4.90 Å². The van der Waals surface area contributed by atoms with Crippen LogP contribution in [0.1, 0.15) is 25.0 Å². The minimum absolute atomic E-state index is 0.0396. The van der Waals surface area contributed by atoms with Crippen molar-refractivity contribution in [3.8, 4) is 22.3 Å². The van der Waals surface area contributed by atoms with Crippen molar-refractivity contribution >= 4 is 33.0 Å². The molecule has 1 aliphatic carbocycles. The minimum atomic E-state index is -0.0396. The summed E-state index contributed by atoms with van der Waals surface area (Å²) in [6.45, 7) is 4.67. The molecule has 0 atom stereocenters. The Balaban J connectivity index is 1.48. The van der Waals surface area contributed by atoms with E-state index in [0.29, 0.717) is 0 Å². The maximum atomic E-state index is 3.68. The molecule has 0 heterocycles. The standard InChI is InChI=1S/C33H26BrN/c1-33(2)31-14-7-6-13-29(31)30-20-19-28(22-32(30)33)35(27-12-8-11-25(34)21-27)26-17-15-24(16-18-26)23-9-4-3-5-10-23/h3-22H,1-2H3. The van der Waals surface area contributed by atoms with E-state index in [2.05, 4.69) is 156 Å². The van der Waals surface area contributed by atoms with Gasteiger partial charge in [0.2, 0.25) is 0 Å². The average molecular weight is 516 g/mol. The first-order valence-corrected chi connectivity index (χ1v) is 12.8. The monoisotopic (exact) mass is 515 g/mol. The summed E-state index contributed by atoms with van der Waals surface area (Å²) in [6.07, 6.45) is 0. The Morgan fingerprint density at radius 2 is 1.14 bits per heavy atom. The van der Waals surface area contributed by atoms with Crippen LogP contribution < -0.4 is 4.90 Å². The van der Waals surface area contributed by atoms with Gasteiger partial charge in [0, 0.05) is 26.9 Å². The minimum Gasteiger partial charge on any atom is -0.310 e. The van der Waals surface area contributed by atoms with Crippen molar-refractivity contribution < 1.29 is 0 Å². The first-order valence-electron chi connectivity index (χ1n) is 12.0. The van der Waals surface area contributed by atoms with Crippen LogP contribution in [0.2, 0.25) is 0 Å². The Morgan fingerprint density at radius 1 is 0.514 bits per heavy atom. The van der Waals surface area contributed by atoms with E-state index in [4.69, 9.17) is 0 Å². The van der Waals surface area contributed by atoms with E-state index in [1.54, 1.807) is 0 Å². The Kier molecular flexibility index (Phi) is 5.35. The highest BCUT2D eigenvalue weighted by atomic mass is 79.9. The summed E-state index contributed by atoms with van der Waals surface area (Å²) in [6, 6.07) is 43.6. The molecule has 0 unspecified atom stereocenters. The SMILES string of the molecule is CC1(C)c2ccccc2-c2ccc(N(c3ccc(-c4ccccc4)cc3)c3cccc(Br)c3)cc21. The number of fused-ring (bicyclic) bond motifs is 3. The summed E-state index contributed by atoms with van der Waals surface area (Å²) in [4.78, 5) is 2.35. The fourth-order valence-corrected chi connectivity index (χ4v) is 5.71. The first-order chi connectivity index (χ1) is 17.0. The van der Waals surface area contributed by atoms with E-state index < -0.39 is 0 Å². The lowest BCUT2D eigenvalue weighted by atomic mass is 9.82. The van der Waals surface area contributed by atoms with Crippen molar-refractivity contribution in [1.29, 1.82) is 0 Å². The first kappa shape index (κ1) is 21.9. The number of hydrogen-bond donors (Lipinski definition) is 0. The summed E-state index contributed by atoms with van der Waals surface area (Å²) >= 11 is 3.68. The summed E-state index contributed by atoms with van der Waals surface area (Å²) in [5, 5.41) is 0. The van der Waals surface area contributed by atoms with Gasteiger partial charge in [0.15, 0.2) is 0 Å². The lowest BCUT2D eigenvalue weighted by Gasteiger charge is -2.28. The van der Waals surface area contributed by atoms with Gasteiger partial charge in [-0.15, -0.1) is 0 Å². The molecule has 0 spiro atoms. The molecule has 170 valence electrons. The van der Waals surface area contributed by atoms with E-state index in [1.807, 2.05) is 0 Å². The Morgan fingerprint density at radius 3 is 1.91 bits per heavy atom. The van der Waals surface area contributed by atoms with Crippen LogP contribution in [0.15, 0.2) is 126 Å². The van der Waals surface area contributed by atoms with Crippen LogP contribution in [0.3, 0.4) is 0 Å². The number of anilines is 3. The lowest BCUT2D eigenvalue weighted by molar-refractivity contribution is 0.660. The van der Waals surface area contributed by atoms with E-state index in [9.17, 15) is 0 Å². The number of rotatable bonds is 4. The van der Waals surface area contributed by atoms with Gasteiger partial charge < -0.3 is 4.90 Å². The van der Waals surface area contributed by atoms with Gasteiger partial charge in [-0.2, -0.15) is 0 Å². The highest BCUT2D eigenvalue weighted by Crippen LogP contribution is 2.50. The molecule has 5 aromatic rings. The molecule has 0 aliphatic heterocycles. The summed E-state index contributed by atoms with van der Waals surface area (Å²) in [7, 11) is 0. The molecule has 1 aliphatic rings. The van der Waals surface area contributed by atoms with Gasteiger partial charge in [-0.1, -0.05) is 109 Å². The van der Waals surface area contributed by atoms with Crippen LogP contribution in [0.5, 0.6) is 0 Å². The number of halogens is 1. The van der Waals surface area contributed by atoms with Crippen molar-refractivity contribution in [3.05, 3.63) is 137 Å². The highest BCUT2D eigenvalue weighted by Gasteiger charge is 2.35. The van der Waals surface area contributed by atoms with Gasteiger partial charge in [-0.3, -0.25) is 0 Å². The van der Waals surface area contributed by atoms with Crippen LogP contribution in [0.4, 0.5) is 17.1 Å². The molecule has 0 radical (unpaired) electrons. The number of benzene rings is 5. The molecule has 0 saturated heterocycles. The zero-order valence-corrected chi connectivity index (χ0v) is 21.5. The predicted molar refractivity (Wildman–Crippen MR) is 152 cm³/mol. The number of hydrogen-bond acceptors (Lipinski definition) is 1. The molecule has 35 heavy (non-hydrogen) atoms. The molecule has 5 aromatic carbocycles. The van der Waals surface area contributed by atoms with Crippen LogP contribution in [-0.2, 0) is 5.41 Å². The van der Waals surface area contributed by atoms with Gasteiger partial charge >= 0.3 is 0 Å². The highest BCUT2D eigenvalue weighted by molar-refractivity contribution is 9.10. The van der Waals surface area contributed by atoms with Crippen LogP contribution in [0, 0.1) is 0 Å². The fourth-order valence-electron chi connectivity index (χ4n) is 5.33. The summed E-state index contributed by atoms with van der Waals surface area (Å²) in [5.41, 5.74) is 11.3. The maximum Gasteiger partial charge on any atom is 0.0472 e. The van der Waals surface area contributed by atoms with E-state index in [1.165, 1.54) is 33.4 Å². The molecule has 0 fully saturated rings. The fraction of sp³-hybridized carbons (Fsp3) is 0.0909. The van der Waals surface area contributed by atoms with E-state index in [0.717, 1.165) is 21.5 Å². The van der Waals surface area contributed by atoms with E-state index >= 15 is 0 Å². The molecule has 6 rings (SSSR count). The van der Waals surface area contributed by atoms with Gasteiger partial charge in [0.1, 0.15) is 0 Å². The normalized spacial score (nSPS) is 13.2. The van der Waals surface area contributed by atoms with Crippen LogP contribution in [-0.4, -0.2) is 0 Å². The number of nitrogens with zero attached hydrogens (tertiary/aromatic N) is 1. The zero-order chi connectivity index (χ0) is 24.0. The zero-order valence-electron chi connectivity index (χ0n) is 19.9. The molecular formula is C33H26BrN. The summed E-state index contributed by atoms with van der Waals surface area (Å²) < 4.78 is 1.06. The van der Waals surface area contributed by atoms with Crippen LogP contribution >= 0.6 is 15.9 Å². The smallest absolute Gasteiger partial charge is 0.0472 e. The quantitative estimate of drug-likeness (QED) is 0.230. The lowest BCUT2D eigenvalue weighted by Crippen LogP contribution is -2.16. The van der Waals surface area contributed by atoms with Crippen molar-refractivity contribution in [1.82, 2.24) is 0 Å². The molecule has 2 heteroatoms. The molecule has 0 N–H and O–H groups in total. The second-order valence-corrected chi connectivity index (χ2v) is 10.5. The predicted octanol–water partition coefficient (Wildman–Crippen LogP) is 9.89. The molecule has 1 nitrogen and oxygen atoms in total. The van der Waals surface area contributed by atoms with Crippen molar-refractivity contribution in [2.45, 2.75) is 19.3 Å². The largest absolute Gasteiger partial charge is 0.310 e. The Bertz CT molecular complexity index is 1520. The average Bonchev–Trinajstić information content (AvgIpc) is 3.12. The third kappa shape index (κ3) is 3.79. The molecule has 0 bridgehead atoms.